The molecule has 0 aliphatic carbocycles. The second-order valence-electron chi connectivity index (χ2n) is 3.46. The van der Waals surface area contributed by atoms with Crippen molar-refractivity contribution >= 4 is 5.69 Å². The summed E-state index contributed by atoms with van der Waals surface area (Å²) in [7, 11) is 0. The molecule has 0 amide bonds. The molecular formula is C13H12FN. The molecule has 0 radical (unpaired) electrons. The first kappa shape index (κ1) is 9.71. The molecule has 2 N–H and O–H groups in total. The van der Waals surface area contributed by atoms with E-state index >= 15 is 0 Å². The number of nitrogen functional groups attached to an aromatic ring is 1. The number of halogens is 1. The van der Waals surface area contributed by atoms with Crippen LogP contribution in [0.2, 0.25) is 0 Å². The van der Waals surface area contributed by atoms with Gasteiger partial charge in [-0.25, -0.2) is 4.39 Å². The molecule has 0 aliphatic heterocycles. The maximum atomic E-state index is 12.5. The minimum absolute atomic E-state index is 0.481. The van der Waals surface area contributed by atoms with Crippen LogP contribution in [0.3, 0.4) is 0 Å². The van der Waals surface area contributed by atoms with Gasteiger partial charge in [0.15, 0.2) is 0 Å². The van der Waals surface area contributed by atoms with Gasteiger partial charge < -0.3 is 5.73 Å². The van der Waals surface area contributed by atoms with Crippen LogP contribution in [0.1, 0.15) is 5.56 Å². The quantitative estimate of drug-likeness (QED) is 0.740. The van der Waals surface area contributed by atoms with Gasteiger partial charge in [-0.3, -0.25) is 0 Å². The van der Waals surface area contributed by atoms with Crippen LogP contribution in [-0.4, -0.2) is 0 Å². The topological polar surface area (TPSA) is 26.0 Å². The lowest BCUT2D eigenvalue weighted by atomic mass is 10.0. The van der Waals surface area contributed by atoms with Crippen LogP contribution in [0.25, 0.3) is 11.1 Å². The van der Waals surface area contributed by atoms with E-state index in [1.165, 1.54) is 0 Å². The highest BCUT2D eigenvalue weighted by Gasteiger charge is 2.00. The predicted octanol–water partition coefficient (Wildman–Crippen LogP) is 3.41. The van der Waals surface area contributed by atoms with Gasteiger partial charge >= 0.3 is 0 Å². The number of anilines is 1. The van der Waals surface area contributed by atoms with Gasteiger partial charge in [-0.2, -0.15) is 0 Å². The monoisotopic (exact) mass is 201 g/mol. The summed E-state index contributed by atoms with van der Waals surface area (Å²) in [4.78, 5) is 0. The lowest BCUT2D eigenvalue weighted by molar-refractivity contribution is 0.485. The first-order chi connectivity index (χ1) is 7.29. The summed E-state index contributed by atoms with van der Waals surface area (Å²) in [6, 6.07) is 15.2. The van der Waals surface area contributed by atoms with E-state index in [0.717, 1.165) is 11.1 Å². The highest BCUT2D eigenvalue weighted by Crippen LogP contribution is 2.23. The molecule has 0 saturated heterocycles. The fourth-order valence-corrected chi connectivity index (χ4v) is 1.59. The molecule has 0 fully saturated rings. The highest BCUT2D eigenvalue weighted by atomic mass is 19.1. The lowest BCUT2D eigenvalue weighted by Gasteiger charge is -2.05. The molecule has 1 nitrogen and oxygen atoms in total. The summed E-state index contributed by atoms with van der Waals surface area (Å²) in [5.74, 6) is 0. The van der Waals surface area contributed by atoms with Crippen molar-refractivity contribution in [2.75, 3.05) is 5.73 Å². The standard InChI is InChI=1S/C13H12FN/c14-9-10-6-12(8-13(15)7-10)11-4-2-1-3-5-11/h1-8H,9,15H2. The molecule has 0 unspecified atom stereocenters. The molecule has 76 valence electrons. The summed E-state index contributed by atoms with van der Waals surface area (Å²) in [6.45, 7) is -0.481. The molecule has 0 bridgehead atoms. The van der Waals surface area contributed by atoms with E-state index < -0.39 is 6.67 Å². The van der Waals surface area contributed by atoms with Gasteiger partial charge in [0.2, 0.25) is 0 Å². The van der Waals surface area contributed by atoms with Crippen molar-refractivity contribution in [2.45, 2.75) is 6.67 Å². The van der Waals surface area contributed by atoms with Gasteiger partial charge in [0.05, 0.1) is 0 Å². The number of hydrogen-bond donors (Lipinski definition) is 1. The molecule has 0 aromatic heterocycles. The number of rotatable bonds is 2. The van der Waals surface area contributed by atoms with Gasteiger partial charge in [-0.1, -0.05) is 30.3 Å². The van der Waals surface area contributed by atoms with E-state index in [1.54, 1.807) is 6.07 Å². The van der Waals surface area contributed by atoms with Crippen molar-refractivity contribution in [3.8, 4) is 11.1 Å². The Balaban J connectivity index is 2.49. The minimum Gasteiger partial charge on any atom is -0.399 e. The third-order valence-corrected chi connectivity index (χ3v) is 2.28. The van der Waals surface area contributed by atoms with Crippen molar-refractivity contribution < 1.29 is 4.39 Å². The van der Waals surface area contributed by atoms with Crippen molar-refractivity contribution in [1.82, 2.24) is 0 Å². The molecule has 2 aromatic carbocycles. The third kappa shape index (κ3) is 2.15. The fraction of sp³-hybridized carbons (Fsp3) is 0.0769. The molecule has 15 heavy (non-hydrogen) atoms. The summed E-state index contributed by atoms with van der Waals surface area (Å²) in [5, 5.41) is 0. The Morgan fingerprint density at radius 1 is 0.933 bits per heavy atom. The van der Waals surface area contributed by atoms with Crippen molar-refractivity contribution in [2.24, 2.45) is 0 Å². The Kier molecular flexibility index (Phi) is 2.68. The zero-order chi connectivity index (χ0) is 10.7. The Morgan fingerprint density at radius 3 is 2.33 bits per heavy atom. The Hall–Kier alpha value is -1.83. The smallest absolute Gasteiger partial charge is 0.115 e. The Labute approximate surface area is 88.4 Å². The van der Waals surface area contributed by atoms with Gasteiger partial charge in [0, 0.05) is 5.69 Å². The van der Waals surface area contributed by atoms with Gasteiger partial charge in [-0.05, 0) is 34.9 Å². The third-order valence-electron chi connectivity index (χ3n) is 2.28. The summed E-state index contributed by atoms with van der Waals surface area (Å²) in [5.41, 5.74) is 8.94. The highest BCUT2D eigenvalue weighted by molar-refractivity contribution is 5.68. The number of benzene rings is 2. The number of hydrogen-bond acceptors (Lipinski definition) is 1. The summed E-state index contributed by atoms with van der Waals surface area (Å²) in [6.07, 6.45) is 0. The molecule has 2 rings (SSSR count). The minimum atomic E-state index is -0.481. The fourth-order valence-electron chi connectivity index (χ4n) is 1.59. The van der Waals surface area contributed by atoms with Crippen LogP contribution in [0.4, 0.5) is 10.1 Å². The van der Waals surface area contributed by atoms with E-state index in [9.17, 15) is 4.39 Å². The van der Waals surface area contributed by atoms with E-state index in [-0.39, 0.29) is 0 Å². The zero-order valence-corrected chi connectivity index (χ0v) is 8.28. The largest absolute Gasteiger partial charge is 0.399 e. The second kappa shape index (κ2) is 4.13. The normalized spacial score (nSPS) is 10.2. The average Bonchev–Trinajstić information content (AvgIpc) is 2.29. The van der Waals surface area contributed by atoms with Crippen molar-refractivity contribution in [3.63, 3.8) is 0 Å². The number of nitrogens with two attached hydrogens (primary N) is 1. The maximum Gasteiger partial charge on any atom is 0.115 e. The van der Waals surface area contributed by atoms with Gasteiger partial charge in [0.1, 0.15) is 6.67 Å². The van der Waals surface area contributed by atoms with Crippen molar-refractivity contribution in [3.05, 3.63) is 54.1 Å². The zero-order valence-electron chi connectivity index (χ0n) is 8.28. The molecule has 0 saturated carbocycles. The van der Waals surface area contributed by atoms with Crippen LogP contribution < -0.4 is 5.73 Å². The molecule has 2 heteroatoms. The van der Waals surface area contributed by atoms with Crippen LogP contribution >= 0.6 is 0 Å². The summed E-state index contributed by atoms with van der Waals surface area (Å²) < 4.78 is 12.5. The van der Waals surface area contributed by atoms with E-state index in [4.69, 9.17) is 5.73 Å². The van der Waals surface area contributed by atoms with E-state index in [0.29, 0.717) is 11.3 Å². The van der Waals surface area contributed by atoms with Crippen LogP contribution in [0, 0.1) is 0 Å². The molecule has 0 heterocycles. The maximum absolute atomic E-state index is 12.5. The predicted molar refractivity (Wildman–Crippen MR) is 61.1 cm³/mol. The average molecular weight is 201 g/mol. The molecule has 0 spiro atoms. The molecule has 0 atom stereocenters. The van der Waals surface area contributed by atoms with Gasteiger partial charge in [0.25, 0.3) is 0 Å². The molecule has 0 aliphatic rings. The van der Waals surface area contributed by atoms with Gasteiger partial charge in [-0.15, -0.1) is 0 Å². The van der Waals surface area contributed by atoms with Crippen LogP contribution in [0.15, 0.2) is 48.5 Å². The summed E-state index contributed by atoms with van der Waals surface area (Å²) >= 11 is 0. The second-order valence-corrected chi connectivity index (χ2v) is 3.46. The van der Waals surface area contributed by atoms with E-state index in [2.05, 4.69) is 0 Å². The van der Waals surface area contributed by atoms with Crippen LogP contribution in [0.5, 0.6) is 0 Å². The molecule has 2 aromatic rings. The number of alkyl halides is 1. The Bertz CT molecular complexity index is 451. The SMILES string of the molecule is Nc1cc(CF)cc(-c2ccccc2)c1. The first-order valence-corrected chi connectivity index (χ1v) is 4.80. The Morgan fingerprint density at radius 2 is 1.67 bits per heavy atom. The van der Waals surface area contributed by atoms with Crippen LogP contribution in [-0.2, 0) is 6.67 Å². The molecular weight excluding hydrogens is 189 g/mol. The van der Waals surface area contributed by atoms with E-state index in [1.807, 2.05) is 42.5 Å². The van der Waals surface area contributed by atoms with Crippen molar-refractivity contribution in [1.29, 1.82) is 0 Å². The lowest BCUT2D eigenvalue weighted by Crippen LogP contribution is -1.89. The first-order valence-electron chi connectivity index (χ1n) is 4.80.